The third-order valence-electron chi connectivity index (χ3n) is 4.56. The first-order valence-corrected chi connectivity index (χ1v) is 7.24. The lowest BCUT2D eigenvalue weighted by molar-refractivity contribution is 0.0978. The number of hydrogen-bond acceptors (Lipinski definition) is 2. The van der Waals surface area contributed by atoms with Crippen molar-refractivity contribution in [2.75, 3.05) is 26.2 Å². The minimum Gasteiger partial charge on any atom is -0.316 e. The maximum absolute atomic E-state index is 3.55. The van der Waals surface area contributed by atoms with Gasteiger partial charge in [-0.2, -0.15) is 0 Å². The van der Waals surface area contributed by atoms with E-state index in [-0.39, 0.29) is 0 Å². The van der Waals surface area contributed by atoms with Crippen LogP contribution in [-0.2, 0) is 6.54 Å². The Labute approximate surface area is 110 Å². The first-order valence-electron chi connectivity index (χ1n) is 7.24. The monoisotopic (exact) mass is 244 g/mol. The van der Waals surface area contributed by atoms with E-state index in [0.717, 1.165) is 6.54 Å². The third-order valence-corrected chi connectivity index (χ3v) is 4.56. The van der Waals surface area contributed by atoms with E-state index in [1.54, 1.807) is 0 Å². The van der Waals surface area contributed by atoms with Crippen LogP contribution in [0.5, 0.6) is 0 Å². The summed E-state index contributed by atoms with van der Waals surface area (Å²) < 4.78 is 0. The molecule has 2 nitrogen and oxygen atoms in total. The van der Waals surface area contributed by atoms with Gasteiger partial charge in [0.15, 0.2) is 0 Å². The Morgan fingerprint density at radius 2 is 2.28 bits per heavy atom. The summed E-state index contributed by atoms with van der Waals surface area (Å²) in [6, 6.07) is 8.96. The average molecular weight is 244 g/mol. The van der Waals surface area contributed by atoms with Crippen LogP contribution < -0.4 is 5.32 Å². The lowest BCUT2D eigenvalue weighted by Crippen LogP contribution is -2.43. The van der Waals surface area contributed by atoms with Crippen LogP contribution in [0.25, 0.3) is 0 Å². The molecule has 1 N–H and O–H groups in total. The fraction of sp³-hybridized carbons (Fsp3) is 0.625. The molecular formula is C16H24N2. The number of aryl methyl sites for hydroxylation is 1. The van der Waals surface area contributed by atoms with Crippen LogP contribution in [0.2, 0.25) is 0 Å². The zero-order chi connectivity index (χ0) is 12.4. The Balaban J connectivity index is 1.66. The van der Waals surface area contributed by atoms with E-state index in [0.29, 0.717) is 5.41 Å². The average Bonchev–Trinajstić information content (AvgIpc) is 2.77. The summed E-state index contributed by atoms with van der Waals surface area (Å²) in [5.74, 6) is 0. The van der Waals surface area contributed by atoms with Gasteiger partial charge in [-0.25, -0.2) is 0 Å². The van der Waals surface area contributed by atoms with Gasteiger partial charge in [0.2, 0.25) is 0 Å². The van der Waals surface area contributed by atoms with Gasteiger partial charge in [-0.05, 0) is 50.3 Å². The number of nitrogens with one attached hydrogen (secondary N) is 1. The molecule has 2 heteroatoms. The summed E-state index contributed by atoms with van der Waals surface area (Å²) in [7, 11) is 0. The van der Waals surface area contributed by atoms with Crippen LogP contribution >= 0.6 is 0 Å². The summed E-state index contributed by atoms with van der Waals surface area (Å²) in [6.45, 7) is 8.32. The Bertz CT molecular complexity index is 407. The number of likely N-dealkylation sites (tertiary alicyclic amines) is 1. The van der Waals surface area contributed by atoms with Gasteiger partial charge in [0.05, 0.1) is 0 Å². The second-order valence-electron chi connectivity index (χ2n) is 6.23. The smallest absolute Gasteiger partial charge is 0.0234 e. The van der Waals surface area contributed by atoms with Crippen molar-refractivity contribution < 1.29 is 0 Å². The summed E-state index contributed by atoms with van der Waals surface area (Å²) in [5, 5.41) is 3.55. The minimum atomic E-state index is 0.585. The molecule has 0 radical (unpaired) electrons. The molecule has 2 saturated heterocycles. The topological polar surface area (TPSA) is 15.3 Å². The first-order chi connectivity index (χ1) is 8.76. The molecule has 2 heterocycles. The van der Waals surface area contributed by atoms with Crippen molar-refractivity contribution in [3.8, 4) is 0 Å². The lowest BCUT2D eigenvalue weighted by Gasteiger charge is -2.40. The molecule has 1 aromatic rings. The fourth-order valence-electron chi connectivity index (χ4n) is 3.66. The Morgan fingerprint density at radius 1 is 1.33 bits per heavy atom. The number of benzene rings is 1. The van der Waals surface area contributed by atoms with E-state index in [4.69, 9.17) is 0 Å². The number of rotatable bonds is 2. The van der Waals surface area contributed by atoms with E-state index < -0.39 is 0 Å². The fourth-order valence-corrected chi connectivity index (χ4v) is 3.66. The van der Waals surface area contributed by atoms with Crippen LogP contribution in [0.15, 0.2) is 24.3 Å². The van der Waals surface area contributed by atoms with Crippen LogP contribution in [0.3, 0.4) is 0 Å². The van der Waals surface area contributed by atoms with Gasteiger partial charge in [-0.3, -0.25) is 4.90 Å². The highest BCUT2D eigenvalue weighted by atomic mass is 15.1. The molecule has 0 bridgehead atoms. The van der Waals surface area contributed by atoms with Crippen molar-refractivity contribution in [1.29, 1.82) is 0 Å². The maximum atomic E-state index is 3.55. The summed E-state index contributed by atoms with van der Waals surface area (Å²) in [6.07, 6.45) is 4.16. The van der Waals surface area contributed by atoms with Crippen LogP contribution in [0.1, 0.15) is 30.4 Å². The molecule has 98 valence electrons. The Kier molecular flexibility index (Phi) is 3.40. The zero-order valence-electron chi connectivity index (χ0n) is 11.4. The molecule has 0 aromatic heterocycles. The summed E-state index contributed by atoms with van der Waals surface area (Å²) >= 11 is 0. The van der Waals surface area contributed by atoms with E-state index >= 15 is 0 Å². The van der Waals surface area contributed by atoms with Crippen molar-refractivity contribution in [2.45, 2.75) is 32.7 Å². The molecule has 18 heavy (non-hydrogen) atoms. The third kappa shape index (κ3) is 2.60. The second kappa shape index (κ2) is 5.02. The van der Waals surface area contributed by atoms with Gasteiger partial charge in [0.25, 0.3) is 0 Å². The molecule has 1 aromatic carbocycles. The van der Waals surface area contributed by atoms with Crippen LogP contribution in [-0.4, -0.2) is 31.1 Å². The highest BCUT2D eigenvalue weighted by Gasteiger charge is 2.37. The van der Waals surface area contributed by atoms with Crippen molar-refractivity contribution in [3.63, 3.8) is 0 Å². The Morgan fingerprint density at radius 3 is 3.06 bits per heavy atom. The van der Waals surface area contributed by atoms with E-state index in [1.807, 2.05) is 0 Å². The normalized spacial score (nSPS) is 28.9. The van der Waals surface area contributed by atoms with E-state index in [9.17, 15) is 0 Å². The van der Waals surface area contributed by atoms with Gasteiger partial charge >= 0.3 is 0 Å². The van der Waals surface area contributed by atoms with Crippen molar-refractivity contribution >= 4 is 0 Å². The van der Waals surface area contributed by atoms with E-state index in [2.05, 4.69) is 41.4 Å². The van der Waals surface area contributed by atoms with Crippen molar-refractivity contribution in [2.24, 2.45) is 5.41 Å². The highest BCUT2D eigenvalue weighted by Crippen LogP contribution is 2.35. The van der Waals surface area contributed by atoms with Gasteiger partial charge in [-0.1, -0.05) is 29.8 Å². The standard InChI is InChI=1S/C16H24N2/c1-14-4-2-5-15(10-14)11-18-9-3-6-16(13-18)7-8-17-12-16/h2,4-5,10,17H,3,6-9,11-13H2,1H3. The van der Waals surface area contributed by atoms with Gasteiger partial charge in [-0.15, -0.1) is 0 Å². The van der Waals surface area contributed by atoms with Crippen molar-refractivity contribution in [3.05, 3.63) is 35.4 Å². The quantitative estimate of drug-likeness (QED) is 0.860. The highest BCUT2D eigenvalue weighted by molar-refractivity contribution is 5.22. The molecule has 1 atom stereocenters. The van der Waals surface area contributed by atoms with Crippen LogP contribution in [0, 0.1) is 12.3 Å². The number of piperidine rings is 1. The van der Waals surface area contributed by atoms with E-state index in [1.165, 1.54) is 56.6 Å². The predicted molar refractivity (Wildman–Crippen MR) is 75.6 cm³/mol. The second-order valence-corrected chi connectivity index (χ2v) is 6.23. The number of nitrogens with zero attached hydrogens (tertiary/aromatic N) is 1. The predicted octanol–water partition coefficient (Wildman–Crippen LogP) is 2.57. The van der Waals surface area contributed by atoms with Gasteiger partial charge < -0.3 is 5.32 Å². The molecular weight excluding hydrogens is 220 g/mol. The summed E-state index contributed by atoms with van der Waals surface area (Å²) in [5.41, 5.74) is 3.43. The molecule has 2 aliphatic heterocycles. The van der Waals surface area contributed by atoms with Gasteiger partial charge in [0, 0.05) is 19.6 Å². The van der Waals surface area contributed by atoms with Gasteiger partial charge in [0.1, 0.15) is 0 Å². The Hall–Kier alpha value is -0.860. The molecule has 3 rings (SSSR count). The number of hydrogen-bond donors (Lipinski definition) is 1. The molecule has 1 unspecified atom stereocenters. The lowest BCUT2D eigenvalue weighted by atomic mass is 9.79. The maximum Gasteiger partial charge on any atom is 0.0234 e. The molecule has 2 fully saturated rings. The molecule has 0 saturated carbocycles. The first kappa shape index (κ1) is 12.2. The van der Waals surface area contributed by atoms with Crippen LogP contribution in [0.4, 0.5) is 0 Å². The largest absolute Gasteiger partial charge is 0.316 e. The molecule has 1 spiro atoms. The minimum absolute atomic E-state index is 0.585. The molecule has 0 amide bonds. The SMILES string of the molecule is Cc1cccc(CN2CCCC3(CCNC3)C2)c1. The zero-order valence-corrected chi connectivity index (χ0v) is 11.4. The summed E-state index contributed by atoms with van der Waals surface area (Å²) in [4.78, 5) is 2.66. The molecule has 2 aliphatic rings. The molecule has 0 aliphatic carbocycles. The van der Waals surface area contributed by atoms with Crippen molar-refractivity contribution in [1.82, 2.24) is 10.2 Å².